The molecule has 1 aromatic heterocycles. The quantitative estimate of drug-likeness (QED) is 0.674. The van der Waals surface area contributed by atoms with Gasteiger partial charge >= 0.3 is 0 Å². The van der Waals surface area contributed by atoms with E-state index in [4.69, 9.17) is 4.74 Å². The predicted octanol–water partition coefficient (Wildman–Crippen LogP) is 2.38. The molecule has 0 saturated heterocycles. The Labute approximate surface area is 118 Å². The van der Waals surface area contributed by atoms with E-state index in [9.17, 15) is 14.9 Å². The Morgan fingerprint density at radius 3 is 3.00 bits per heavy atom. The average molecular weight is 293 g/mol. The van der Waals surface area contributed by atoms with Crippen LogP contribution in [-0.4, -0.2) is 22.4 Å². The summed E-state index contributed by atoms with van der Waals surface area (Å²) < 4.78 is 5.20. The fourth-order valence-corrected chi connectivity index (χ4v) is 2.08. The number of hydrogen-bond donors (Lipinski definition) is 1. The Kier molecular flexibility index (Phi) is 4.26. The molecule has 0 spiro atoms. The largest absolute Gasteiger partial charge is 0.484 e. The number of non-ortho nitro benzene ring substituents is 1. The van der Waals surface area contributed by atoms with Crippen molar-refractivity contribution in [2.45, 2.75) is 6.92 Å². The van der Waals surface area contributed by atoms with Gasteiger partial charge in [-0.15, -0.1) is 11.3 Å². The number of anilines is 1. The molecule has 1 heterocycles. The summed E-state index contributed by atoms with van der Waals surface area (Å²) in [4.78, 5) is 26.7. The molecular weight excluding hydrogens is 282 g/mol. The summed E-state index contributed by atoms with van der Waals surface area (Å²) in [5, 5.41) is 13.7. The normalized spacial score (nSPS) is 10.1. The van der Waals surface area contributed by atoms with Crippen LogP contribution in [0.3, 0.4) is 0 Å². The summed E-state index contributed by atoms with van der Waals surface area (Å²) in [6, 6.07) is 5.66. The molecule has 0 aliphatic carbocycles. The van der Waals surface area contributed by atoms with Crippen LogP contribution in [0, 0.1) is 17.0 Å². The lowest BCUT2D eigenvalue weighted by Crippen LogP contribution is -2.20. The van der Waals surface area contributed by atoms with E-state index in [1.54, 1.807) is 12.3 Å². The Morgan fingerprint density at radius 1 is 1.55 bits per heavy atom. The molecule has 0 unspecified atom stereocenters. The van der Waals surface area contributed by atoms with Crippen molar-refractivity contribution in [3.8, 4) is 5.75 Å². The van der Waals surface area contributed by atoms with Crippen LogP contribution in [0.2, 0.25) is 0 Å². The van der Waals surface area contributed by atoms with Gasteiger partial charge in [-0.25, -0.2) is 4.98 Å². The number of thiazole rings is 1. The highest BCUT2D eigenvalue weighted by Crippen LogP contribution is 2.19. The molecule has 0 aliphatic heterocycles. The summed E-state index contributed by atoms with van der Waals surface area (Å²) in [6.45, 7) is 1.65. The van der Waals surface area contributed by atoms with Crippen molar-refractivity contribution in [3.63, 3.8) is 0 Å². The number of carbonyl (C=O) groups excluding carboxylic acids is 1. The zero-order valence-electron chi connectivity index (χ0n) is 10.5. The van der Waals surface area contributed by atoms with Gasteiger partial charge in [0, 0.05) is 17.1 Å². The summed E-state index contributed by atoms with van der Waals surface area (Å²) in [5.74, 6) is -0.101. The number of aromatic nitrogens is 1. The van der Waals surface area contributed by atoms with E-state index in [1.807, 2.05) is 6.92 Å². The van der Waals surface area contributed by atoms with Gasteiger partial charge in [0.2, 0.25) is 0 Å². The molecule has 2 aromatic rings. The third-order valence-electron chi connectivity index (χ3n) is 2.27. The first-order valence-corrected chi connectivity index (χ1v) is 6.46. The Bertz CT molecular complexity index is 641. The average Bonchev–Trinajstić information content (AvgIpc) is 2.82. The van der Waals surface area contributed by atoms with Crippen LogP contribution in [0.4, 0.5) is 10.8 Å². The van der Waals surface area contributed by atoms with Gasteiger partial charge in [0.25, 0.3) is 11.6 Å². The van der Waals surface area contributed by atoms with Crippen LogP contribution in [0.25, 0.3) is 0 Å². The van der Waals surface area contributed by atoms with Crippen LogP contribution < -0.4 is 10.1 Å². The van der Waals surface area contributed by atoms with Gasteiger partial charge in [-0.2, -0.15) is 0 Å². The molecule has 0 atom stereocenters. The first-order chi connectivity index (χ1) is 9.54. The van der Waals surface area contributed by atoms with Crippen molar-refractivity contribution in [1.29, 1.82) is 0 Å². The fraction of sp³-hybridized carbons (Fsp3) is 0.167. The molecule has 1 amide bonds. The SMILES string of the molecule is Cc1cnc(NC(=O)COc2cccc([N+](=O)[O-])c2)s1. The molecule has 0 aliphatic rings. The van der Waals surface area contributed by atoms with Crippen LogP contribution in [0.5, 0.6) is 5.75 Å². The van der Waals surface area contributed by atoms with Crippen molar-refractivity contribution in [1.82, 2.24) is 4.98 Å². The molecule has 20 heavy (non-hydrogen) atoms. The zero-order valence-corrected chi connectivity index (χ0v) is 11.3. The van der Waals surface area contributed by atoms with E-state index in [2.05, 4.69) is 10.3 Å². The molecule has 7 nitrogen and oxygen atoms in total. The Morgan fingerprint density at radius 2 is 2.35 bits per heavy atom. The van der Waals surface area contributed by atoms with Crippen molar-refractivity contribution in [3.05, 3.63) is 45.5 Å². The van der Waals surface area contributed by atoms with Gasteiger partial charge in [0.05, 0.1) is 11.0 Å². The molecule has 0 fully saturated rings. The number of nitrogens with one attached hydrogen (secondary N) is 1. The van der Waals surface area contributed by atoms with Crippen molar-refractivity contribution < 1.29 is 14.5 Å². The molecule has 0 saturated carbocycles. The van der Waals surface area contributed by atoms with Crippen molar-refractivity contribution in [2.75, 3.05) is 11.9 Å². The minimum atomic E-state index is -0.523. The maximum Gasteiger partial charge on any atom is 0.273 e. The number of rotatable bonds is 5. The highest BCUT2D eigenvalue weighted by molar-refractivity contribution is 7.15. The monoisotopic (exact) mass is 293 g/mol. The van der Waals surface area contributed by atoms with Gasteiger partial charge in [-0.3, -0.25) is 20.2 Å². The minimum Gasteiger partial charge on any atom is -0.484 e. The standard InChI is InChI=1S/C12H11N3O4S/c1-8-6-13-12(20-8)14-11(16)7-19-10-4-2-3-9(5-10)15(17)18/h2-6H,7H2,1H3,(H,13,14,16). The predicted molar refractivity (Wildman–Crippen MR) is 74.1 cm³/mol. The van der Waals surface area contributed by atoms with Crippen LogP contribution >= 0.6 is 11.3 Å². The van der Waals surface area contributed by atoms with Crippen LogP contribution in [-0.2, 0) is 4.79 Å². The van der Waals surface area contributed by atoms with E-state index < -0.39 is 4.92 Å². The number of nitrogens with zero attached hydrogens (tertiary/aromatic N) is 2. The number of nitro benzene ring substituents is 1. The lowest BCUT2D eigenvalue weighted by molar-refractivity contribution is -0.384. The second-order valence-electron chi connectivity index (χ2n) is 3.87. The smallest absolute Gasteiger partial charge is 0.273 e. The van der Waals surface area contributed by atoms with Gasteiger partial charge in [-0.05, 0) is 13.0 Å². The topological polar surface area (TPSA) is 94.4 Å². The number of carbonyl (C=O) groups is 1. The molecule has 2 rings (SSSR count). The van der Waals surface area contributed by atoms with Crippen LogP contribution in [0.1, 0.15) is 4.88 Å². The highest BCUT2D eigenvalue weighted by Gasteiger charge is 2.09. The van der Waals surface area contributed by atoms with E-state index in [1.165, 1.54) is 29.5 Å². The summed E-state index contributed by atoms with van der Waals surface area (Å²) in [7, 11) is 0. The molecule has 0 radical (unpaired) electrons. The summed E-state index contributed by atoms with van der Waals surface area (Å²) >= 11 is 1.36. The second-order valence-corrected chi connectivity index (χ2v) is 5.10. The zero-order chi connectivity index (χ0) is 14.5. The second kappa shape index (κ2) is 6.11. The molecule has 0 bridgehead atoms. The number of amides is 1. The van der Waals surface area contributed by atoms with Crippen LogP contribution in [0.15, 0.2) is 30.5 Å². The number of benzene rings is 1. The molecule has 8 heteroatoms. The third kappa shape index (κ3) is 3.75. The first kappa shape index (κ1) is 13.9. The van der Waals surface area contributed by atoms with Gasteiger partial charge < -0.3 is 4.74 Å². The Balaban J connectivity index is 1.90. The summed E-state index contributed by atoms with van der Waals surface area (Å²) in [6.07, 6.45) is 1.65. The molecule has 1 aromatic carbocycles. The molecule has 104 valence electrons. The molecule has 1 N–H and O–H groups in total. The Hall–Kier alpha value is -2.48. The van der Waals surface area contributed by atoms with E-state index in [0.717, 1.165) is 4.88 Å². The highest BCUT2D eigenvalue weighted by atomic mass is 32.1. The lowest BCUT2D eigenvalue weighted by atomic mass is 10.3. The van der Waals surface area contributed by atoms with E-state index in [-0.39, 0.29) is 24.0 Å². The number of aryl methyl sites for hydroxylation is 1. The number of ether oxygens (including phenoxy) is 1. The number of hydrogen-bond acceptors (Lipinski definition) is 6. The minimum absolute atomic E-state index is 0.0848. The molecular formula is C12H11N3O4S. The number of nitro groups is 1. The maximum absolute atomic E-state index is 11.6. The fourth-order valence-electron chi connectivity index (χ4n) is 1.40. The summed E-state index contributed by atoms with van der Waals surface area (Å²) in [5.41, 5.74) is -0.0848. The maximum atomic E-state index is 11.6. The van der Waals surface area contributed by atoms with Gasteiger partial charge in [0.15, 0.2) is 11.7 Å². The van der Waals surface area contributed by atoms with Crippen molar-refractivity contribution in [2.24, 2.45) is 0 Å². The van der Waals surface area contributed by atoms with E-state index >= 15 is 0 Å². The van der Waals surface area contributed by atoms with Crippen molar-refractivity contribution >= 4 is 28.1 Å². The van der Waals surface area contributed by atoms with E-state index in [0.29, 0.717) is 5.13 Å². The lowest BCUT2D eigenvalue weighted by Gasteiger charge is -2.05. The van der Waals surface area contributed by atoms with Gasteiger partial charge in [-0.1, -0.05) is 6.07 Å². The van der Waals surface area contributed by atoms with Gasteiger partial charge in [0.1, 0.15) is 5.75 Å². The first-order valence-electron chi connectivity index (χ1n) is 5.64. The third-order valence-corrected chi connectivity index (χ3v) is 3.09.